The fourth-order valence-electron chi connectivity index (χ4n) is 2.54. The molecular formula is C18H12N2O2. The third-order valence-electron chi connectivity index (χ3n) is 3.56. The van der Waals surface area contributed by atoms with Gasteiger partial charge in [-0.3, -0.25) is 4.79 Å². The van der Waals surface area contributed by atoms with Crippen molar-refractivity contribution >= 4 is 11.3 Å². The summed E-state index contributed by atoms with van der Waals surface area (Å²) in [4.78, 5) is 12.9. The lowest BCUT2D eigenvalue weighted by Crippen LogP contribution is -2.02. The molecule has 4 rings (SSSR count). The average molecular weight is 288 g/mol. The van der Waals surface area contributed by atoms with Crippen molar-refractivity contribution in [2.75, 3.05) is 0 Å². The van der Waals surface area contributed by atoms with Gasteiger partial charge in [0, 0.05) is 11.8 Å². The average Bonchev–Trinajstić information content (AvgIpc) is 3.22. The SMILES string of the molecule is O=C(c1ccccc1)c1c(-c2ccco2)nn2ccccc12. The Morgan fingerprint density at radius 3 is 2.55 bits per heavy atom. The number of carbonyl (C=O) groups is 1. The normalized spacial score (nSPS) is 10.9. The highest BCUT2D eigenvalue weighted by atomic mass is 16.3. The van der Waals surface area contributed by atoms with Gasteiger partial charge in [0.1, 0.15) is 5.69 Å². The zero-order valence-electron chi connectivity index (χ0n) is 11.6. The minimum Gasteiger partial charge on any atom is -0.463 e. The summed E-state index contributed by atoms with van der Waals surface area (Å²) in [7, 11) is 0. The van der Waals surface area contributed by atoms with Crippen LogP contribution < -0.4 is 0 Å². The molecule has 0 saturated carbocycles. The first kappa shape index (κ1) is 12.6. The topological polar surface area (TPSA) is 47.5 Å². The molecule has 0 bridgehead atoms. The summed E-state index contributed by atoms with van der Waals surface area (Å²) < 4.78 is 7.15. The number of furan rings is 1. The summed E-state index contributed by atoms with van der Waals surface area (Å²) in [5.41, 5.74) is 2.52. The van der Waals surface area contributed by atoms with Gasteiger partial charge in [-0.25, -0.2) is 4.52 Å². The van der Waals surface area contributed by atoms with Crippen LogP contribution in [0.5, 0.6) is 0 Å². The Labute approximate surface area is 126 Å². The Morgan fingerprint density at radius 2 is 1.77 bits per heavy atom. The van der Waals surface area contributed by atoms with Crippen molar-refractivity contribution in [3.63, 3.8) is 0 Å². The quantitative estimate of drug-likeness (QED) is 0.538. The second kappa shape index (κ2) is 5.00. The van der Waals surface area contributed by atoms with Gasteiger partial charge in [0.2, 0.25) is 0 Å². The molecule has 0 spiro atoms. The molecular weight excluding hydrogens is 276 g/mol. The fourth-order valence-corrected chi connectivity index (χ4v) is 2.54. The van der Waals surface area contributed by atoms with E-state index in [0.717, 1.165) is 5.52 Å². The van der Waals surface area contributed by atoms with Gasteiger partial charge in [-0.1, -0.05) is 36.4 Å². The van der Waals surface area contributed by atoms with Crippen LogP contribution in [0.25, 0.3) is 17.0 Å². The molecule has 4 nitrogen and oxygen atoms in total. The summed E-state index contributed by atoms with van der Waals surface area (Å²) in [6.45, 7) is 0. The van der Waals surface area contributed by atoms with Crippen molar-refractivity contribution in [1.29, 1.82) is 0 Å². The number of pyridine rings is 1. The third-order valence-corrected chi connectivity index (χ3v) is 3.56. The van der Waals surface area contributed by atoms with E-state index < -0.39 is 0 Å². The van der Waals surface area contributed by atoms with Gasteiger partial charge in [-0.2, -0.15) is 5.10 Å². The number of carbonyl (C=O) groups excluding carboxylic acids is 1. The highest BCUT2D eigenvalue weighted by Crippen LogP contribution is 2.28. The Balaban J connectivity index is 1.99. The molecule has 106 valence electrons. The van der Waals surface area contributed by atoms with Crippen LogP contribution in [0.2, 0.25) is 0 Å². The van der Waals surface area contributed by atoms with Crippen LogP contribution >= 0.6 is 0 Å². The molecule has 1 aromatic carbocycles. The summed E-state index contributed by atoms with van der Waals surface area (Å²) in [6, 6.07) is 18.5. The van der Waals surface area contributed by atoms with E-state index in [4.69, 9.17) is 4.42 Å². The molecule has 0 aliphatic carbocycles. The van der Waals surface area contributed by atoms with Crippen LogP contribution in [0.15, 0.2) is 77.5 Å². The summed E-state index contributed by atoms with van der Waals surface area (Å²) >= 11 is 0. The summed E-state index contributed by atoms with van der Waals surface area (Å²) in [5, 5.41) is 4.50. The predicted octanol–water partition coefficient (Wildman–Crippen LogP) is 3.83. The molecule has 3 aromatic heterocycles. The number of nitrogens with zero attached hydrogens (tertiary/aromatic N) is 2. The molecule has 0 amide bonds. The first-order valence-corrected chi connectivity index (χ1v) is 6.95. The summed E-state index contributed by atoms with van der Waals surface area (Å²) in [5.74, 6) is 0.524. The number of benzene rings is 1. The molecule has 0 N–H and O–H groups in total. The zero-order chi connectivity index (χ0) is 14.9. The first-order valence-electron chi connectivity index (χ1n) is 6.95. The largest absolute Gasteiger partial charge is 0.463 e. The van der Waals surface area contributed by atoms with Crippen LogP contribution in [-0.4, -0.2) is 15.4 Å². The fraction of sp³-hybridized carbons (Fsp3) is 0. The zero-order valence-corrected chi connectivity index (χ0v) is 11.6. The smallest absolute Gasteiger partial charge is 0.197 e. The lowest BCUT2D eigenvalue weighted by atomic mass is 10.0. The highest BCUT2D eigenvalue weighted by molar-refractivity contribution is 6.16. The maximum atomic E-state index is 12.9. The van der Waals surface area contributed by atoms with Crippen molar-refractivity contribution < 1.29 is 9.21 Å². The lowest BCUT2D eigenvalue weighted by Gasteiger charge is -2.01. The van der Waals surface area contributed by atoms with E-state index >= 15 is 0 Å². The Hall–Kier alpha value is -3.14. The molecule has 0 saturated heterocycles. The summed E-state index contributed by atoms with van der Waals surface area (Å²) in [6.07, 6.45) is 3.40. The van der Waals surface area contributed by atoms with Crippen LogP contribution in [0.3, 0.4) is 0 Å². The molecule has 0 fully saturated rings. The van der Waals surface area contributed by atoms with Gasteiger partial charge in [0.15, 0.2) is 11.5 Å². The van der Waals surface area contributed by atoms with Crippen LogP contribution in [0.1, 0.15) is 15.9 Å². The lowest BCUT2D eigenvalue weighted by molar-refractivity contribution is 0.104. The van der Waals surface area contributed by atoms with Gasteiger partial charge in [0.05, 0.1) is 17.3 Å². The standard InChI is InChI=1S/C18H12N2O2/c21-18(13-7-2-1-3-8-13)16-14-9-4-5-11-20(14)19-17(16)15-10-6-12-22-15/h1-12H. The van der Waals surface area contributed by atoms with E-state index in [0.29, 0.717) is 22.6 Å². The Kier molecular flexibility index (Phi) is 2.86. The van der Waals surface area contributed by atoms with Crippen molar-refractivity contribution in [2.24, 2.45) is 0 Å². The maximum Gasteiger partial charge on any atom is 0.197 e. The van der Waals surface area contributed by atoms with Crippen molar-refractivity contribution in [3.8, 4) is 11.5 Å². The number of aromatic nitrogens is 2. The van der Waals surface area contributed by atoms with Gasteiger partial charge >= 0.3 is 0 Å². The Morgan fingerprint density at radius 1 is 0.955 bits per heavy atom. The van der Waals surface area contributed by atoms with E-state index in [1.165, 1.54) is 0 Å². The minimum absolute atomic E-state index is 0.0619. The van der Waals surface area contributed by atoms with Gasteiger partial charge in [0.25, 0.3) is 0 Å². The number of fused-ring (bicyclic) bond motifs is 1. The molecule has 22 heavy (non-hydrogen) atoms. The van der Waals surface area contributed by atoms with Gasteiger partial charge in [-0.05, 0) is 24.3 Å². The highest BCUT2D eigenvalue weighted by Gasteiger charge is 2.23. The molecule has 0 aliphatic heterocycles. The van der Waals surface area contributed by atoms with E-state index in [-0.39, 0.29) is 5.78 Å². The van der Waals surface area contributed by atoms with Crippen molar-refractivity contribution in [3.05, 3.63) is 84.3 Å². The van der Waals surface area contributed by atoms with E-state index in [2.05, 4.69) is 5.10 Å². The van der Waals surface area contributed by atoms with Crippen LogP contribution in [0, 0.1) is 0 Å². The third kappa shape index (κ3) is 1.93. The molecule has 0 atom stereocenters. The number of rotatable bonds is 3. The first-order chi connectivity index (χ1) is 10.8. The Bertz CT molecular complexity index is 938. The van der Waals surface area contributed by atoms with Gasteiger partial charge < -0.3 is 4.42 Å². The van der Waals surface area contributed by atoms with E-state index in [1.807, 2.05) is 48.7 Å². The second-order valence-corrected chi connectivity index (χ2v) is 4.93. The maximum absolute atomic E-state index is 12.9. The number of ketones is 1. The molecule has 0 unspecified atom stereocenters. The monoisotopic (exact) mass is 288 g/mol. The van der Waals surface area contributed by atoms with Crippen molar-refractivity contribution in [2.45, 2.75) is 0 Å². The van der Waals surface area contributed by atoms with Crippen LogP contribution in [-0.2, 0) is 0 Å². The second-order valence-electron chi connectivity index (χ2n) is 4.93. The van der Waals surface area contributed by atoms with Gasteiger partial charge in [-0.15, -0.1) is 0 Å². The van der Waals surface area contributed by atoms with Crippen LogP contribution in [0.4, 0.5) is 0 Å². The molecule has 3 heterocycles. The molecule has 4 heteroatoms. The number of hydrogen-bond acceptors (Lipinski definition) is 3. The molecule has 4 aromatic rings. The minimum atomic E-state index is -0.0619. The van der Waals surface area contributed by atoms with Crippen molar-refractivity contribution in [1.82, 2.24) is 9.61 Å². The van der Waals surface area contributed by atoms with E-state index in [9.17, 15) is 4.79 Å². The number of hydrogen-bond donors (Lipinski definition) is 0. The molecule has 0 radical (unpaired) electrons. The predicted molar refractivity (Wildman–Crippen MR) is 82.8 cm³/mol. The van der Waals surface area contributed by atoms with E-state index in [1.54, 1.807) is 29.0 Å². The molecule has 0 aliphatic rings.